The van der Waals surface area contributed by atoms with Gasteiger partial charge in [-0.1, -0.05) is 20.8 Å². The van der Waals surface area contributed by atoms with Gasteiger partial charge in [0.25, 0.3) is 0 Å². The van der Waals surface area contributed by atoms with Crippen LogP contribution in [0.25, 0.3) is 0 Å². The Balaban J connectivity index is 2.27. The van der Waals surface area contributed by atoms with E-state index in [1.807, 2.05) is 6.92 Å². The minimum Gasteiger partial charge on any atom is -0.480 e. The number of carbonyl (C=O) groups is 2. The number of aliphatic carboxylic acids is 1. The van der Waals surface area contributed by atoms with E-state index in [0.717, 1.165) is 19.3 Å². The first-order valence-corrected chi connectivity index (χ1v) is 6.76. The van der Waals surface area contributed by atoms with Crippen LogP contribution < -0.4 is 5.73 Å². The van der Waals surface area contributed by atoms with Gasteiger partial charge in [0.2, 0.25) is 6.04 Å². The monoisotopic (exact) mass is 269 g/mol. The number of hydrogen-bond donors (Lipinski definition) is 2. The van der Waals surface area contributed by atoms with Crippen LogP contribution in [0, 0.1) is 16.7 Å². The van der Waals surface area contributed by atoms with Crippen LogP contribution in [0.3, 0.4) is 0 Å². The van der Waals surface area contributed by atoms with Crippen molar-refractivity contribution in [3.63, 3.8) is 0 Å². The molecule has 3 N–H and O–H groups in total. The molecule has 0 heterocycles. The van der Waals surface area contributed by atoms with Crippen molar-refractivity contribution in [2.24, 2.45) is 22.5 Å². The average molecular weight is 269 g/mol. The molecule has 2 fully saturated rings. The molecule has 4 unspecified atom stereocenters. The highest BCUT2D eigenvalue weighted by Crippen LogP contribution is 2.69. The molecule has 0 aromatic carbocycles. The van der Waals surface area contributed by atoms with Crippen LogP contribution in [0.1, 0.15) is 47.0 Å². The Hall–Kier alpha value is -1.10. The van der Waals surface area contributed by atoms with Crippen molar-refractivity contribution in [1.82, 2.24) is 0 Å². The molecule has 19 heavy (non-hydrogen) atoms. The molecule has 2 rings (SSSR count). The Labute approximate surface area is 113 Å². The molecule has 5 heteroatoms. The average Bonchev–Trinajstić information content (AvgIpc) is 2.76. The maximum Gasteiger partial charge on any atom is 0.335 e. The van der Waals surface area contributed by atoms with Gasteiger partial charge in [-0.3, -0.25) is 0 Å². The molecule has 5 nitrogen and oxygen atoms in total. The molecule has 2 bridgehead atoms. The molecule has 2 aliphatic rings. The van der Waals surface area contributed by atoms with Gasteiger partial charge < -0.3 is 15.6 Å². The van der Waals surface area contributed by atoms with Crippen molar-refractivity contribution in [3.05, 3.63) is 0 Å². The van der Waals surface area contributed by atoms with Crippen LogP contribution >= 0.6 is 0 Å². The fourth-order valence-corrected chi connectivity index (χ4v) is 4.08. The van der Waals surface area contributed by atoms with Crippen molar-refractivity contribution in [1.29, 1.82) is 0 Å². The first kappa shape index (κ1) is 14.3. The molecule has 2 saturated carbocycles. The van der Waals surface area contributed by atoms with E-state index >= 15 is 0 Å². The fraction of sp³-hybridized carbons (Fsp3) is 0.857. The maximum absolute atomic E-state index is 11.9. The van der Waals surface area contributed by atoms with E-state index in [1.54, 1.807) is 0 Å². The lowest BCUT2D eigenvalue weighted by molar-refractivity contribution is -0.195. The number of fused-ring (bicyclic) bond motifs is 2. The molecule has 0 amide bonds. The summed E-state index contributed by atoms with van der Waals surface area (Å²) in [5, 5.41) is 8.81. The van der Waals surface area contributed by atoms with E-state index in [9.17, 15) is 9.59 Å². The number of esters is 1. The van der Waals surface area contributed by atoms with E-state index in [2.05, 4.69) is 20.8 Å². The van der Waals surface area contributed by atoms with Gasteiger partial charge in [-0.15, -0.1) is 0 Å². The van der Waals surface area contributed by atoms with Gasteiger partial charge in [0, 0.05) is 10.8 Å². The molecule has 0 aliphatic heterocycles. The van der Waals surface area contributed by atoms with Gasteiger partial charge in [-0.2, -0.15) is 0 Å². The second-order valence-electron chi connectivity index (χ2n) is 6.99. The third-order valence-corrected chi connectivity index (χ3v) is 5.97. The van der Waals surface area contributed by atoms with E-state index in [1.165, 1.54) is 0 Å². The third kappa shape index (κ3) is 1.71. The van der Waals surface area contributed by atoms with Gasteiger partial charge in [-0.25, -0.2) is 9.59 Å². The first-order valence-electron chi connectivity index (χ1n) is 6.76. The van der Waals surface area contributed by atoms with Crippen LogP contribution in [0.5, 0.6) is 0 Å². The molecule has 2 aliphatic carbocycles. The van der Waals surface area contributed by atoms with Crippen molar-refractivity contribution >= 4 is 11.9 Å². The number of carboxylic acids is 1. The SMILES string of the molecule is CC12CCC(C1)C(C)(C)C2(C)OC(=O)C(N)C(=O)O. The topological polar surface area (TPSA) is 89.6 Å². The van der Waals surface area contributed by atoms with Crippen LogP contribution in [-0.4, -0.2) is 28.7 Å². The van der Waals surface area contributed by atoms with Crippen molar-refractivity contribution in [2.75, 3.05) is 0 Å². The normalized spacial score (nSPS) is 41.0. The van der Waals surface area contributed by atoms with Crippen LogP contribution in [0.2, 0.25) is 0 Å². The molecular weight excluding hydrogens is 246 g/mol. The minimum atomic E-state index is -1.60. The van der Waals surface area contributed by atoms with Crippen LogP contribution in [0.4, 0.5) is 0 Å². The Morgan fingerprint density at radius 1 is 1.32 bits per heavy atom. The number of nitrogens with two attached hydrogens (primary N) is 1. The zero-order chi connectivity index (χ0) is 14.6. The quantitative estimate of drug-likeness (QED) is 0.599. The Kier molecular flexibility index (Phi) is 2.97. The predicted octanol–water partition coefficient (Wildman–Crippen LogP) is 1.55. The van der Waals surface area contributed by atoms with Gasteiger partial charge in [-0.05, 0) is 32.1 Å². The minimum absolute atomic E-state index is 0.0882. The number of rotatable bonds is 3. The van der Waals surface area contributed by atoms with E-state index < -0.39 is 23.6 Å². The molecule has 0 radical (unpaired) electrons. The summed E-state index contributed by atoms with van der Waals surface area (Å²) in [6.45, 7) is 8.25. The summed E-state index contributed by atoms with van der Waals surface area (Å²) < 4.78 is 5.63. The lowest BCUT2D eigenvalue weighted by Gasteiger charge is -2.51. The zero-order valence-electron chi connectivity index (χ0n) is 12.0. The van der Waals surface area contributed by atoms with Gasteiger partial charge >= 0.3 is 11.9 Å². The summed E-state index contributed by atoms with van der Waals surface area (Å²) in [5.41, 5.74) is 4.45. The summed E-state index contributed by atoms with van der Waals surface area (Å²) in [7, 11) is 0. The van der Waals surface area contributed by atoms with E-state index in [0.29, 0.717) is 5.92 Å². The summed E-state index contributed by atoms with van der Waals surface area (Å²) in [5.74, 6) is -1.67. The van der Waals surface area contributed by atoms with Gasteiger partial charge in [0.15, 0.2) is 0 Å². The maximum atomic E-state index is 11.9. The lowest BCUT2D eigenvalue weighted by Crippen LogP contribution is -2.57. The molecule has 108 valence electrons. The van der Waals surface area contributed by atoms with Gasteiger partial charge in [0.05, 0.1) is 0 Å². The number of ether oxygens (including phenoxy) is 1. The molecule has 0 saturated heterocycles. The highest BCUT2D eigenvalue weighted by Gasteiger charge is 2.69. The van der Waals surface area contributed by atoms with Crippen molar-refractivity contribution in [2.45, 2.75) is 58.6 Å². The second kappa shape index (κ2) is 3.95. The summed E-state index contributed by atoms with van der Waals surface area (Å²) in [6.07, 6.45) is 3.17. The molecule has 4 atom stereocenters. The fourth-order valence-electron chi connectivity index (χ4n) is 4.08. The first-order chi connectivity index (χ1) is 8.55. The summed E-state index contributed by atoms with van der Waals surface area (Å²) >= 11 is 0. The Morgan fingerprint density at radius 3 is 2.32 bits per heavy atom. The number of carboxylic acid groups (broad SMARTS) is 1. The Morgan fingerprint density at radius 2 is 1.89 bits per heavy atom. The van der Waals surface area contributed by atoms with Crippen LogP contribution in [0.15, 0.2) is 0 Å². The molecule has 0 aromatic heterocycles. The van der Waals surface area contributed by atoms with Crippen molar-refractivity contribution < 1.29 is 19.4 Å². The highest BCUT2D eigenvalue weighted by molar-refractivity contribution is 5.98. The van der Waals surface area contributed by atoms with E-state index in [-0.39, 0.29) is 10.8 Å². The standard InChI is InChI=1S/C14H23NO4/c1-12(2)8-5-6-13(3,7-8)14(12,4)19-11(18)9(15)10(16)17/h8-9H,5-7,15H2,1-4H3,(H,16,17). The third-order valence-electron chi connectivity index (χ3n) is 5.97. The smallest absolute Gasteiger partial charge is 0.335 e. The van der Waals surface area contributed by atoms with Gasteiger partial charge in [0.1, 0.15) is 5.60 Å². The summed E-state index contributed by atoms with van der Waals surface area (Å²) in [6, 6.07) is -1.60. The van der Waals surface area contributed by atoms with Crippen molar-refractivity contribution in [3.8, 4) is 0 Å². The predicted molar refractivity (Wildman–Crippen MR) is 69.3 cm³/mol. The van der Waals surface area contributed by atoms with E-state index in [4.69, 9.17) is 15.6 Å². The molecular formula is C14H23NO4. The second-order valence-corrected chi connectivity index (χ2v) is 6.99. The highest BCUT2D eigenvalue weighted by atomic mass is 16.6. The number of carbonyl (C=O) groups excluding carboxylic acids is 1. The zero-order valence-corrected chi connectivity index (χ0v) is 12.0. The lowest BCUT2D eigenvalue weighted by atomic mass is 9.61. The molecule has 0 spiro atoms. The largest absolute Gasteiger partial charge is 0.480 e. The summed E-state index contributed by atoms with van der Waals surface area (Å²) in [4.78, 5) is 22.7. The Bertz CT molecular complexity index is 426. The number of hydrogen-bond acceptors (Lipinski definition) is 4. The molecule has 0 aromatic rings. The van der Waals surface area contributed by atoms with Crippen LogP contribution in [-0.2, 0) is 14.3 Å².